The molecule has 4 aliphatic rings. The van der Waals surface area contributed by atoms with E-state index in [-0.39, 0.29) is 17.6 Å². The summed E-state index contributed by atoms with van der Waals surface area (Å²) in [4.78, 5) is 0. The first-order chi connectivity index (χ1) is 10.5. The van der Waals surface area contributed by atoms with E-state index in [0.29, 0.717) is 0 Å². The van der Waals surface area contributed by atoms with Crippen LogP contribution in [-0.2, 0) is 25.7 Å². The fourth-order valence-electron chi connectivity index (χ4n) is 3.48. The highest BCUT2D eigenvalue weighted by molar-refractivity contribution is 6.71. The number of hydrogen-bond donors (Lipinski definition) is 0. The summed E-state index contributed by atoms with van der Waals surface area (Å²) >= 11 is 0. The fourth-order valence-corrected chi connectivity index (χ4v) is 6.13. The van der Waals surface area contributed by atoms with Crippen LogP contribution in [0.15, 0.2) is 36.4 Å². The Kier molecular flexibility index (Phi) is 4.69. The van der Waals surface area contributed by atoms with Gasteiger partial charge in [0.15, 0.2) is 0 Å². The Bertz CT molecular complexity index is 612. The maximum Gasteiger partial charge on any atom is 0.0795 e. The average Bonchev–Trinajstić information content (AvgIpc) is 2.49. The zero-order valence-corrected chi connectivity index (χ0v) is 16.3. The van der Waals surface area contributed by atoms with Crippen molar-refractivity contribution in [3.05, 3.63) is 58.7 Å². The van der Waals surface area contributed by atoms with Crippen LogP contribution in [0.5, 0.6) is 0 Å². The topological polar surface area (TPSA) is 0 Å². The van der Waals surface area contributed by atoms with Crippen molar-refractivity contribution in [3.8, 4) is 0 Å². The minimum Gasteiger partial charge on any atom is -0.0671 e. The van der Waals surface area contributed by atoms with Crippen LogP contribution in [0, 0.1) is 0 Å². The van der Waals surface area contributed by atoms with E-state index >= 15 is 0 Å². The molecule has 2 aromatic carbocycles. The first-order valence-corrected chi connectivity index (χ1v) is 13.4. The molecule has 114 valence electrons. The second-order valence-corrected chi connectivity index (χ2v) is 12.1. The van der Waals surface area contributed by atoms with E-state index in [4.69, 9.17) is 0 Å². The molecule has 0 amide bonds. The van der Waals surface area contributed by atoms with Gasteiger partial charge in [-0.3, -0.25) is 0 Å². The molecule has 0 unspecified atom stereocenters. The highest BCUT2D eigenvalue weighted by Gasteiger charge is 2.14. The zero-order chi connectivity index (χ0) is 15.7. The highest BCUT2D eigenvalue weighted by atomic mass is 28.3. The predicted octanol–water partition coefficient (Wildman–Crippen LogP) is 3.49. The molecule has 0 spiro atoms. The molecule has 0 atom stereocenters. The Hall–Kier alpha value is -1.13. The fraction of sp³-hybridized carbons (Fsp3) is 0.400. The molecule has 0 heterocycles. The molecule has 6 rings (SSSR count). The first-order valence-electron chi connectivity index (χ1n) is 8.39. The van der Waals surface area contributed by atoms with E-state index in [9.17, 15) is 0 Å². The molecule has 2 heteroatoms. The van der Waals surface area contributed by atoms with E-state index < -0.39 is 0 Å². The van der Waals surface area contributed by atoms with Gasteiger partial charge in [0, 0.05) is 0 Å². The van der Waals surface area contributed by atoms with Crippen LogP contribution in [0.2, 0.25) is 26.2 Å². The summed E-state index contributed by atoms with van der Waals surface area (Å²) < 4.78 is 0. The average molecular weight is 323 g/mol. The van der Waals surface area contributed by atoms with Gasteiger partial charge in [-0.15, -0.1) is 0 Å². The van der Waals surface area contributed by atoms with Crippen molar-refractivity contribution >= 4 is 28.0 Å². The normalized spacial score (nSPS) is 14.5. The van der Waals surface area contributed by atoms with Crippen LogP contribution in [-0.4, -0.2) is 17.6 Å². The standard InChI is InChI=1S/C20H26Si2/c1-21(2)19-13-15-5-9-17(19)11-7-16-6-10-18(12-8-15)20(14-16)22(3)4/h5-6,9-10,13-14H,7-8,11-12H2,1-4H3. The second kappa shape index (κ2) is 6.55. The van der Waals surface area contributed by atoms with Gasteiger partial charge in [0.05, 0.1) is 17.6 Å². The zero-order valence-electron chi connectivity index (χ0n) is 14.3. The number of rotatable bonds is 2. The number of aryl methyl sites for hydroxylation is 4. The van der Waals surface area contributed by atoms with Gasteiger partial charge in [-0.2, -0.15) is 0 Å². The van der Waals surface area contributed by atoms with Crippen molar-refractivity contribution < 1.29 is 0 Å². The van der Waals surface area contributed by atoms with Crippen LogP contribution in [0.1, 0.15) is 22.3 Å². The van der Waals surface area contributed by atoms with Gasteiger partial charge in [-0.1, -0.05) is 73.0 Å². The van der Waals surface area contributed by atoms with Crippen molar-refractivity contribution in [2.75, 3.05) is 0 Å². The summed E-state index contributed by atoms with van der Waals surface area (Å²) in [6, 6.07) is 14.6. The molecular weight excluding hydrogens is 296 g/mol. The maximum absolute atomic E-state index is 2.51. The summed E-state index contributed by atoms with van der Waals surface area (Å²) in [6.45, 7) is 9.70. The molecule has 2 aromatic rings. The predicted molar refractivity (Wildman–Crippen MR) is 102 cm³/mol. The highest BCUT2D eigenvalue weighted by Crippen LogP contribution is 2.15. The molecule has 0 nitrogen and oxygen atoms in total. The van der Waals surface area contributed by atoms with E-state index in [2.05, 4.69) is 62.6 Å². The van der Waals surface area contributed by atoms with Crippen molar-refractivity contribution in [1.29, 1.82) is 0 Å². The van der Waals surface area contributed by atoms with Crippen molar-refractivity contribution in [1.82, 2.24) is 0 Å². The SMILES string of the molecule is C[Si](C)c1cc2ccc1CCc1ccc(c([Si](C)C)c1)CC2. The van der Waals surface area contributed by atoms with Crippen LogP contribution in [0.3, 0.4) is 0 Å². The minimum absolute atomic E-state index is 0.381. The Labute approximate surface area is 138 Å². The Morgan fingerprint density at radius 1 is 0.591 bits per heavy atom. The largest absolute Gasteiger partial charge is 0.0795 e. The van der Waals surface area contributed by atoms with Gasteiger partial charge < -0.3 is 0 Å². The molecule has 0 N–H and O–H groups in total. The lowest BCUT2D eigenvalue weighted by Crippen LogP contribution is -2.30. The summed E-state index contributed by atoms with van der Waals surface area (Å²) in [7, 11) is -0.763. The smallest absolute Gasteiger partial charge is 0.0671 e. The van der Waals surface area contributed by atoms with Crippen LogP contribution in [0.4, 0.5) is 0 Å². The molecule has 4 bridgehead atoms. The lowest BCUT2D eigenvalue weighted by Gasteiger charge is -2.19. The molecule has 4 aliphatic carbocycles. The third kappa shape index (κ3) is 3.28. The van der Waals surface area contributed by atoms with E-state index in [1.165, 1.54) is 36.8 Å². The summed E-state index contributed by atoms with van der Waals surface area (Å²) in [5.74, 6) is 0. The van der Waals surface area contributed by atoms with Crippen LogP contribution in [0.25, 0.3) is 0 Å². The van der Waals surface area contributed by atoms with Gasteiger partial charge in [0.25, 0.3) is 0 Å². The van der Waals surface area contributed by atoms with E-state index in [1.807, 2.05) is 0 Å². The monoisotopic (exact) mass is 322 g/mol. The second-order valence-electron chi connectivity index (χ2n) is 6.98. The van der Waals surface area contributed by atoms with E-state index in [1.54, 1.807) is 21.5 Å². The van der Waals surface area contributed by atoms with Gasteiger partial charge in [-0.25, -0.2) is 0 Å². The lowest BCUT2D eigenvalue weighted by atomic mass is 9.96. The molecule has 0 fully saturated rings. The molecule has 2 radical (unpaired) electrons. The van der Waals surface area contributed by atoms with Crippen molar-refractivity contribution in [2.45, 2.75) is 51.9 Å². The van der Waals surface area contributed by atoms with Gasteiger partial charge >= 0.3 is 0 Å². The third-order valence-corrected chi connectivity index (χ3v) is 7.88. The van der Waals surface area contributed by atoms with E-state index in [0.717, 1.165) is 0 Å². The Balaban J connectivity index is 2.03. The quantitative estimate of drug-likeness (QED) is 0.743. The number of benzene rings is 2. The molecule has 0 aliphatic heterocycles. The first kappa shape index (κ1) is 15.8. The summed E-state index contributed by atoms with van der Waals surface area (Å²) in [5, 5.41) is 3.32. The van der Waals surface area contributed by atoms with Crippen LogP contribution >= 0.6 is 0 Å². The van der Waals surface area contributed by atoms with Gasteiger partial charge in [0.2, 0.25) is 0 Å². The molecule has 0 saturated carbocycles. The van der Waals surface area contributed by atoms with Gasteiger partial charge in [-0.05, 0) is 47.9 Å². The maximum atomic E-state index is 2.51. The summed E-state index contributed by atoms with van der Waals surface area (Å²) in [5.41, 5.74) is 6.24. The van der Waals surface area contributed by atoms with Gasteiger partial charge in [0.1, 0.15) is 0 Å². The molecule has 22 heavy (non-hydrogen) atoms. The Morgan fingerprint density at radius 3 is 1.36 bits per heavy atom. The third-order valence-electron chi connectivity index (χ3n) is 4.79. The molecule has 0 saturated heterocycles. The molecular formula is C20H26Si2. The van der Waals surface area contributed by atoms with Crippen molar-refractivity contribution in [2.24, 2.45) is 0 Å². The Morgan fingerprint density at radius 2 is 1.00 bits per heavy atom. The minimum atomic E-state index is -0.381. The van der Waals surface area contributed by atoms with Crippen LogP contribution < -0.4 is 10.4 Å². The summed E-state index contributed by atoms with van der Waals surface area (Å²) in [6.07, 6.45) is 4.76. The number of hydrogen-bond acceptors (Lipinski definition) is 0. The van der Waals surface area contributed by atoms with Crippen molar-refractivity contribution in [3.63, 3.8) is 0 Å². The lowest BCUT2D eigenvalue weighted by molar-refractivity contribution is 0.931. The molecule has 0 aromatic heterocycles.